The van der Waals surface area contributed by atoms with Crippen molar-refractivity contribution in [3.8, 4) is 0 Å². The van der Waals surface area contributed by atoms with Crippen LogP contribution in [0.3, 0.4) is 0 Å². The zero-order valence-electron chi connectivity index (χ0n) is 17.7. The highest BCUT2D eigenvalue weighted by Gasteiger charge is 2.14. The first kappa shape index (κ1) is 23.8. The summed E-state index contributed by atoms with van der Waals surface area (Å²) in [4.78, 5) is 41.4. The fourth-order valence-corrected chi connectivity index (χ4v) is 4.09. The number of ether oxygens (including phenoxy) is 1. The van der Waals surface area contributed by atoms with E-state index in [1.54, 1.807) is 35.8 Å². The van der Waals surface area contributed by atoms with Crippen LogP contribution in [0.15, 0.2) is 58.5 Å². The maximum Gasteiger partial charge on any atom is 0.305 e. The highest BCUT2D eigenvalue weighted by atomic mass is 35.5. The zero-order valence-corrected chi connectivity index (χ0v) is 19.2. The average Bonchev–Trinajstić information content (AvgIpc) is 2.79. The third kappa shape index (κ3) is 6.34. The number of esters is 1. The van der Waals surface area contributed by atoms with Crippen molar-refractivity contribution in [3.63, 3.8) is 0 Å². The fourth-order valence-electron chi connectivity index (χ4n) is 3.07. The molecule has 9 heteroatoms. The van der Waals surface area contributed by atoms with Crippen LogP contribution in [-0.4, -0.2) is 40.3 Å². The number of halogens is 1. The van der Waals surface area contributed by atoms with Gasteiger partial charge in [0.25, 0.3) is 5.56 Å². The molecular weight excluding hydrogens is 450 g/mol. The van der Waals surface area contributed by atoms with Gasteiger partial charge in [0.2, 0.25) is 5.91 Å². The highest BCUT2D eigenvalue weighted by molar-refractivity contribution is 7.99. The SMILES string of the molecule is CCOC(=O)CCCNC(=O)CSc1nc2ccccc2c(=O)n1Cc1ccccc1Cl. The molecule has 7 nitrogen and oxygen atoms in total. The van der Waals surface area contributed by atoms with Gasteiger partial charge in [-0.25, -0.2) is 4.98 Å². The predicted molar refractivity (Wildman–Crippen MR) is 126 cm³/mol. The number of carbonyl (C=O) groups is 2. The van der Waals surface area contributed by atoms with Crippen LogP contribution in [0.5, 0.6) is 0 Å². The maximum absolute atomic E-state index is 13.2. The van der Waals surface area contributed by atoms with Crippen molar-refractivity contribution < 1.29 is 14.3 Å². The molecule has 0 unspecified atom stereocenters. The topological polar surface area (TPSA) is 90.3 Å². The minimum Gasteiger partial charge on any atom is -0.466 e. The second-order valence-corrected chi connectivity index (χ2v) is 8.29. The third-order valence-electron chi connectivity index (χ3n) is 4.63. The summed E-state index contributed by atoms with van der Waals surface area (Å²) in [5.74, 6) is -0.391. The molecule has 1 amide bonds. The number of para-hydroxylation sites is 1. The minimum absolute atomic E-state index is 0.0900. The summed E-state index contributed by atoms with van der Waals surface area (Å²) >= 11 is 7.48. The van der Waals surface area contributed by atoms with E-state index in [0.29, 0.717) is 40.7 Å². The first-order valence-corrected chi connectivity index (χ1v) is 11.6. The van der Waals surface area contributed by atoms with Gasteiger partial charge in [0.05, 0.1) is 29.8 Å². The quantitative estimate of drug-likeness (QED) is 0.209. The van der Waals surface area contributed by atoms with E-state index in [2.05, 4.69) is 10.3 Å². The second-order valence-electron chi connectivity index (χ2n) is 6.94. The Bertz CT molecular complexity index is 1170. The normalized spacial score (nSPS) is 10.8. The Morgan fingerprint density at radius 3 is 2.69 bits per heavy atom. The lowest BCUT2D eigenvalue weighted by atomic mass is 10.2. The standard InChI is InChI=1S/C23H24ClN3O4S/c1-2-31-21(29)12-7-13-25-20(28)15-32-23-26-19-11-6-4-9-17(19)22(30)27(23)14-16-8-3-5-10-18(16)24/h3-6,8-11H,2,7,12-15H2,1H3,(H,25,28). The summed E-state index contributed by atoms with van der Waals surface area (Å²) in [6, 6.07) is 14.4. The molecule has 0 spiro atoms. The summed E-state index contributed by atoms with van der Waals surface area (Å²) in [6.07, 6.45) is 0.756. The van der Waals surface area contributed by atoms with Gasteiger partial charge in [-0.15, -0.1) is 0 Å². The molecule has 0 radical (unpaired) electrons. The number of benzene rings is 2. The van der Waals surface area contributed by atoms with E-state index in [-0.39, 0.29) is 36.2 Å². The Morgan fingerprint density at radius 2 is 1.91 bits per heavy atom. The number of amides is 1. The monoisotopic (exact) mass is 473 g/mol. The van der Waals surface area contributed by atoms with E-state index in [0.717, 1.165) is 5.56 Å². The van der Waals surface area contributed by atoms with Crippen LogP contribution in [-0.2, 0) is 20.9 Å². The van der Waals surface area contributed by atoms with Gasteiger partial charge in [-0.1, -0.05) is 53.7 Å². The zero-order chi connectivity index (χ0) is 22.9. The molecule has 3 rings (SSSR count). The number of nitrogens with zero attached hydrogens (tertiary/aromatic N) is 2. The van der Waals surface area contributed by atoms with E-state index in [4.69, 9.17) is 16.3 Å². The van der Waals surface area contributed by atoms with Crippen molar-refractivity contribution in [2.75, 3.05) is 18.9 Å². The van der Waals surface area contributed by atoms with E-state index in [1.807, 2.05) is 24.3 Å². The molecule has 0 atom stereocenters. The van der Waals surface area contributed by atoms with Crippen LogP contribution in [0, 0.1) is 0 Å². The van der Waals surface area contributed by atoms with Gasteiger partial charge in [0.1, 0.15) is 0 Å². The molecule has 0 fully saturated rings. The Morgan fingerprint density at radius 1 is 1.16 bits per heavy atom. The van der Waals surface area contributed by atoms with Gasteiger partial charge in [0.15, 0.2) is 5.16 Å². The van der Waals surface area contributed by atoms with Gasteiger partial charge in [-0.2, -0.15) is 0 Å². The van der Waals surface area contributed by atoms with E-state index >= 15 is 0 Å². The first-order valence-electron chi connectivity index (χ1n) is 10.3. The van der Waals surface area contributed by atoms with E-state index in [9.17, 15) is 14.4 Å². The molecule has 0 bridgehead atoms. The van der Waals surface area contributed by atoms with Crippen LogP contribution in [0.25, 0.3) is 10.9 Å². The van der Waals surface area contributed by atoms with Gasteiger partial charge in [-0.05, 0) is 37.1 Å². The number of fused-ring (bicyclic) bond motifs is 1. The number of thioether (sulfide) groups is 1. The maximum atomic E-state index is 13.2. The van der Waals surface area contributed by atoms with Crippen LogP contribution in [0.4, 0.5) is 0 Å². The first-order chi connectivity index (χ1) is 15.5. The van der Waals surface area contributed by atoms with Gasteiger partial charge in [-0.3, -0.25) is 19.0 Å². The molecule has 0 aliphatic heterocycles. The lowest BCUT2D eigenvalue weighted by molar-refractivity contribution is -0.143. The fraction of sp³-hybridized carbons (Fsp3) is 0.304. The molecule has 0 aliphatic carbocycles. The van der Waals surface area contributed by atoms with Crippen molar-refractivity contribution in [1.29, 1.82) is 0 Å². The molecule has 0 saturated carbocycles. The van der Waals surface area contributed by atoms with Crippen LogP contribution >= 0.6 is 23.4 Å². The van der Waals surface area contributed by atoms with Crippen molar-refractivity contribution in [3.05, 3.63) is 69.5 Å². The number of rotatable bonds is 10. The predicted octanol–water partition coefficient (Wildman–Crippen LogP) is 3.65. The number of aromatic nitrogens is 2. The van der Waals surface area contributed by atoms with E-state index in [1.165, 1.54) is 11.8 Å². The van der Waals surface area contributed by atoms with Gasteiger partial charge >= 0.3 is 5.97 Å². The smallest absolute Gasteiger partial charge is 0.305 e. The second kappa shape index (κ2) is 11.7. The van der Waals surface area contributed by atoms with Crippen molar-refractivity contribution in [2.24, 2.45) is 0 Å². The van der Waals surface area contributed by atoms with Crippen molar-refractivity contribution >= 4 is 46.1 Å². The van der Waals surface area contributed by atoms with Crippen LogP contribution in [0.2, 0.25) is 5.02 Å². The molecule has 32 heavy (non-hydrogen) atoms. The average molecular weight is 474 g/mol. The van der Waals surface area contributed by atoms with Crippen molar-refractivity contribution in [1.82, 2.24) is 14.9 Å². The van der Waals surface area contributed by atoms with Crippen LogP contribution < -0.4 is 10.9 Å². The van der Waals surface area contributed by atoms with Crippen LogP contribution in [0.1, 0.15) is 25.3 Å². The molecule has 168 valence electrons. The molecule has 1 heterocycles. The molecule has 1 aromatic heterocycles. The summed E-state index contributed by atoms with van der Waals surface area (Å²) < 4.78 is 6.41. The number of hydrogen-bond acceptors (Lipinski definition) is 6. The summed E-state index contributed by atoms with van der Waals surface area (Å²) in [6.45, 7) is 2.72. The highest BCUT2D eigenvalue weighted by Crippen LogP contribution is 2.21. The lowest BCUT2D eigenvalue weighted by Crippen LogP contribution is -2.28. The molecule has 0 saturated heterocycles. The molecule has 2 aromatic carbocycles. The van der Waals surface area contributed by atoms with E-state index < -0.39 is 0 Å². The van der Waals surface area contributed by atoms with Gasteiger partial charge in [0, 0.05) is 18.0 Å². The summed E-state index contributed by atoms with van der Waals surface area (Å²) in [5.41, 5.74) is 1.18. The third-order valence-corrected chi connectivity index (χ3v) is 5.98. The molecular formula is C23H24ClN3O4S. The summed E-state index contributed by atoms with van der Waals surface area (Å²) in [5, 5.41) is 4.28. The molecule has 1 N–H and O–H groups in total. The largest absolute Gasteiger partial charge is 0.466 e. The number of nitrogens with one attached hydrogen (secondary N) is 1. The van der Waals surface area contributed by atoms with Crippen molar-refractivity contribution in [2.45, 2.75) is 31.5 Å². The molecule has 3 aromatic rings. The Hall–Kier alpha value is -2.84. The number of hydrogen-bond donors (Lipinski definition) is 1. The minimum atomic E-state index is -0.278. The van der Waals surface area contributed by atoms with Gasteiger partial charge < -0.3 is 10.1 Å². The Kier molecular flexibility index (Phi) is 8.70. The Labute approximate surface area is 195 Å². The Balaban J connectivity index is 1.72. The lowest BCUT2D eigenvalue weighted by Gasteiger charge is -2.14. The molecule has 0 aliphatic rings. The number of carbonyl (C=O) groups excluding carboxylic acids is 2. The summed E-state index contributed by atoms with van der Waals surface area (Å²) in [7, 11) is 0.